The highest BCUT2D eigenvalue weighted by Crippen LogP contribution is 2.41. The Morgan fingerprint density at radius 3 is 2.86 bits per heavy atom. The van der Waals surface area contributed by atoms with Gasteiger partial charge in [-0.05, 0) is 30.7 Å². The third kappa shape index (κ3) is 3.33. The summed E-state index contributed by atoms with van der Waals surface area (Å²) in [6.07, 6.45) is 0.0165. The predicted octanol–water partition coefficient (Wildman–Crippen LogP) is 3.00. The van der Waals surface area contributed by atoms with E-state index in [0.717, 1.165) is 6.42 Å². The van der Waals surface area contributed by atoms with E-state index >= 15 is 0 Å². The first-order valence-electron chi connectivity index (χ1n) is 9.03. The van der Waals surface area contributed by atoms with Gasteiger partial charge < -0.3 is 24.4 Å². The number of carbonyl (C=O) groups is 2. The number of anilines is 1. The second-order valence-corrected chi connectivity index (χ2v) is 6.88. The molecule has 146 valence electrons. The minimum Gasteiger partial charge on any atom is -0.477 e. The lowest BCUT2D eigenvalue weighted by molar-refractivity contribution is -0.127. The largest absolute Gasteiger partial charge is 0.477 e. The summed E-state index contributed by atoms with van der Waals surface area (Å²) < 4.78 is 16.5. The van der Waals surface area contributed by atoms with Gasteiger partial charge in [-0.2, -0.15) is 0 Å². The highest BCUT2D eigenvalue weighted by Gasteiger charge is 2.34. The van der Waals surface area contributed by atoms with Crippen LogP contribution in [0.3, 0.4) is 0 Å². The molecule has 0 bridgehead atoms. The summed E-state index contributed by atoms with van der Waals surface area (Å²) in [4.78, 5) is 27.3. The average Bonchev–Trinajstić information content (AvgIpc) is 3.20. The van der Waals surface area contributed by atoms with Gasteiger partial charge in [-0.3, -0.25) is 9.59 Å². The Hall–Kier alpha value is -2.93. The number of rotatable bonds is 4. The lowest BCUT2D eigenvalue weighted by Crippen LogP contribution is -2.50. The zero-order chi connectivity index (χ0) is 19.7. The number of fused-ring (bicyclic) bond motifs is 2. The summed E-state index contributed by atoms with van der Waals surface area (Å²) in [5, 5.41) is 3.12. The summed E-state index contributed by atoms with van der Waals surface area (Å²) >= 11 is 6.23. The lowest BCUT2D eigenvalue weighted by Gasteiger charge is -2.34. The molecule has 0 aliphatic carbocycles. The number of ether oxygens (including phenoxy) is 3. The summed E-state index contributed by atoms with van der Waals surface area (Å²) in [5.74, 6) is 0.778. The number of benzene rings is 2. The van der Waals surface area contributed by atoms with Gasteiger partial charge in [0.25, 0.3) is 11.8 Å². The molecule has 8 heteroatoms. The molecule has 2 heterocycles. The van der Waals surface area contributed by atoms with E-state index in [-0.39, 0.29) is 25.2 Å². The van der Waals surface area contributed by atoms with Crippen LogP contribution in [0.5, 0.6) is 17.2 Å². The van der Waals surface area contributed by atoms with Gasteiger partial charge in [0.1, 0.15) is 5.75 Å². The molecule has 2 aromatic carbocycles. The summed E-state index contributed by atoms with van der Waals surface area (Å²) in [7, 11) is 0. The summed E-state index contributed by atoms with van der Waals surface area (Å²) in [5.41, 5.74) is 0.944. The minimum absolute atomic E-state index is 0.0623. The van der Waals surface area contributed by atoms with Gasteiger partial charge in [0.15, 0.2) is 17.6 Å². The van der Waals surface area contributed by atoms with E-state index in [2.05, 4.69) is 5.32 Å². The average molecular weight is 403 g/mol. The van der Waals surface area contributed by atoms with Crippen molar-refractivity contribution in [3.8, 4) is 17.2 Å². The number of hydrogen-bond acceptors (Lipinski definition) is 5. The molecule has 2 aliphatic rings. The van der Waals surface area contributed by atoms with Crippen LogP contribution < -0.4 is 24.4 Å². The Labute approximate surface area is 167 Å². The van der Waals surface area contributed by atoms with Crippen LogP contribution in [0.25, 0.3) is 0 Å². The Balaban J connectivity index is 1.66. The summed E-state index contributed by atoms with van der Waals surface area (Å²) in [6, 6.07) is 10.3. The van der Waals surface area contributed by atoms with E-state index < -0.39 is 6.10 Å². The molecule has 2 amide bonds. The van der Waals surface area contributed by atoms with Gasteiger partial charge in [-0.25, -0.2) is 0 Å². The fraction of sp³-hybridized carbons (Fsp3) is 0.300. The van der Waals surface area contributed by atoms with Crippen LogP contribution in [0.1, 0.15) is 23.7 Å². The fourth-order valence-electron chi connectivity index (χ4n) is 3.17. The molecule has 1 unspecified atom stereocenters. The number of amides is 2. The molecular weight excluding hydrogens is 384 g/mol. The molecule has 28 heavy (non-hydrogen) atoms. The maximum absolute atomic E-state index is 13.3. The van der Waals surface area contributed by atoms with Crippen molar-refractivity contribution >= 4 is 29.1 Å². The quantitative estimate of drug-likeness (QED) is 0.850. The number of para-hydroxylation sites is 2. The standard InChI is InChI=1S/C20H19ClN2O5/c1-2-7-22-19(24)17-10-23(14-5-3-4-6-15(14)28-17)20(25)12-8-13(21)18-16(9-12)26-11-27-18/h3-6,8-9,17H,2,7,10-11H2,1H3,(H,22,24). The van der Waals surface area contributed by atoms with E-state index in [1.165, 1.54) is 4.90 Å². The first-order valence-corrected chi connectivity index (χ1v) is 9.40. The van der Waals surface area contributed by atoms with Crippen LogP contribution in [0.2, 0.25) is 5.02 Å². The van der Waals surface area contributed by atoms with Crippen molar-refractivity contribution in [2.45, 2.75) is 19.4 Å². The molecular formula is C20H19ClN2O5. The van der Waals surface area contributed by atoms with Gasteiger partial charge in [-0.1, -0.05) is 30.7 Å². The number of nitrogens with zero attached hydrogens (tertiary/aromatic N) is 1. The van der Waals surface area contributed by atoms with E-state index in [4.69, 9.17) is 25.8 Å². The molecule has 0 spiro atoms. The molecule has 7 nitrogen and oxygen atoms in total. The van der Waals surface area contributed by atoms with Gasteiger partial charge in [0.2, 0.25) is 6.79 Å². The van der Waals surface area contributed by atoms with Crippen molar-refractivity contribution in [3.63, 3.8) is 0 Å². The van der Waals surface area contributed by atoms with Crippen LogP contribution in [-0.4, -0.2) is 37.8 Å². The second kappa shape index (κ2) is 7.59. The highest BCUT2D eigenvalue weighted by molar-refractivity contribution is 6.33. The molecule has 2 aliphatic heterocycles. The number of halogens is 1. The zero-order valence-electron chi connectivity index (χ0n) is 15.2. The maximum atomic E-state index is 13.3. The molecule has 0 aromatic heterocycles. The van der Waals surface area contributed by atoms with Crippen molar-refractivity contribution in [3.05, 3.63) is 47.0 Å². The molecule has 4 rings (SSSR count). The first-order chi connectivity index (χ1) is 13.6. The van der Waals surface area contributed by atoms with Crippen LogP contribution in [0.4, 0.5) is 5.69 Å². The van der Waals surface area contributed by atoms with E-state index in [0.29, 0.717) is 40.1 Å². The predicted molar refractivity (Wildman–Crippen MR) is 103 cm³/mol. The SMILES string of the molecule is CCCNC(=O)C1CN(C(=O)c2cc(Cl)c3c(c2)OCO3)c2ccccc2O1. The van der Waals surface area contributed by atoms with Crippen molar-refractivity contribution in [1.82, 2.24) is 5.32 Å². The Bertz CT molecular complexity index is 933. The van der Waals surface area contributed by atoms with Gasteiger partial charge in [0, 0.05) is 12.1 Å². The van der Waals surface area contributed by atoms with E-state index in [9.17, 15) is 9.59 Å². The lowest BCUT2D eigenvalue weighted by atomic mass is 10.1. The third-order valence-corrected chi connectivity index (χ3v) is 4.82. The van der Waals surface area contributed by atoms with Gasteiger partial charge >= 0.3 is 0 Å². The molecule has 0 saturated heterocycles. The molecule has 0 radical (unpaired) electrons. The van der Waals surface area contributed by atoms with E-state index in [1.54, 1.807) is 30.3 Å². The zero-order valence-corrected chi connectivity index (χ0v) is 16.0. The number of hydrogen-bond donors (Lipinski definition) is 1. The first kappa shape index (κ1) is 18.4. The van der Waals surface area contributed by atoms with Crippen LogP contribution in [-0.2, 0) is 4.79 Å². The summed E-state index contributed by atoms with van der Waals surface area (Å²) in [6.45, 7) is 2.67. The minimum atomic E-state index is -0.796. The van der Waals surface area contributed by atoms with Crippen LogP contribution in [0, 0.1) is 0 Å². The van der Waals surface area contributed by atoms with Gasteiger partial charge in [-0.15, -0.1) is 0 Å². The van der Waals surface area contributed by atoms with Crippen LogP contribution in [0.15, 0.2) is 36.4 Å². The molecule has 1 N–H and O–H groups in total. The number of nitrogens with one attached hydrogen (secondary N) is 1. The molecule has 2 aromatic rings. The van der Waals surface area contributed by atoms with Crippen molar-refractivity contribution in [1.29, 1.82) is 0 Å². The third-order valence-electron chi connectivity index (χ3n) is 4.53. The maximum Gasteiger partial charge on any atom is 0.262 e. The van der Waals surface area contributed by atoms with Crippen molar-refractivity contribution < 1.29 is 23.8 Å². The van der Waals surface area contributed by atoms with Gasteiger partial charge in [0.05, 0.1) is 17.3 Å². The van der Waals surface area contributed by atoms with Crippen molar-refractivity contribution in [2.24, 2.45) is 0 Å². The Kier molecular flexibility index (Phi) is 5.00. The van der Waals surface area contributed by atoms with Crippen molar-refractivity contribution in [2.75, 3.05) is 24.8 Å². The second-order valence-electron chi connectivity index (χ2n) is 6.47. The van der Waals surface area contributed by atoms with E-state index in [1.807, 2.05) is 13.0 Å². The van der Waals surface area contributed by atoms with Crippen LogP contribution >= 0.6 is 11.6 Å². The molecule has 1 atom stereocenters. The normalized spacial score (nSPS) is 16.9. The smallest absolute Gasteiger partial charge is 0.262 e. The highest BCUT2D eigenvalue weighted by atomic mass is 35.5. The fourth-order valence-corrected chi connectivity index (χ4v) is 3.44. The monoisotopic (exact) mass is 402 g/mol. The Morgan fingerprint density at radius 1 is 1.21 bits per heavy atom. The Morgan fingerprint density at radius 2 is 2.04 bits per heavy atom. The molecule has 0 saturated carbocycles. The topological polar surface area (TPSA) is 77.1 Å². The number of carbonyl (C=O) groups excluding carboxylic acids is 2. The molecule has 0 fully saturated rings.